The van der Waals surface area contributed by atoms with Crippen molar-refractivity contribution >= 4 is 35.0 Å². The van der Waals surface area contributed by atoms with Gasteiger partial charge in [0, 0.05) is 27.1 Å². The van der Waals surface area contributed by atoms with Crippen LogP contribution in [0, 0.1) is 5.92 Å². The fourth-order valence-electron chi connectivity index (χ4n) is 2.80. The van der Waals surface area contributed by atoms with E-state index in [0.717, 1.165) is 0 Å². The number of ether oxygens (including phenoxy) is 1. The molecule has 0 heterocycles. The minimum absolute atomic E-state index is 0.117. The van der Waals surface area contributed by atoms with Gasteiger partial charge >= 0.3 is 5.97 Å². The first kappa shape index (κ1) is 20.0. The fourth-order valence-corrected chi connectivity index (χ4v) is 3.33. The number of esters is 1. The molecule has 2 atom stereocenters. The Balaban J connectivity index is 2.57. The van der Waals surface area contributed by atoms with Gasteiger partial charge in [0.05, 0.1) is 13.0 Å². The van der Waals surface area contributed by atoms with Crippen molar-refractivity contribution in [3.05, 3.63) is 94.5 Å². The summed E-state index contributed by atoms with van der Waals surface area (Å²) in [6, 6.07) is 13.7. The summed E-state index contributed by atoms with van der Waals surface area (Å²) in [5, 5.41) is 0.783. The Morgan fingerprint density at radius 2 is 1.77 bits per heavy atom. The van der Waals surface area contributed by atoms with Gasteiger partial charge in [0.25, 0.3) is 0 Å². The number of rotatable bonds is 7. The van der Waals surface area contributed by atoms with Crippen molar-refractivity contribution in [2.45, 2.75) is 5.92 Å². The van der Waals surface area contributed by atoms with Gasteiger partial charge < -0.3 is 4.74 Å². The van der Waals surface area contributed by atoms with Gasteiger partial charge in [0.2, 0.25) is 0 Å². The third kappa shape index (κ3) is 4.24. The van der Waals surface area contributed by atoms with Gasteiger partial charge in [-0.15, -0.1) is 6.58 Å². The summed E-state index contributed by atoms with van der Waals surface area (Å²) < 4.78 is 4.80. The number of methoxy groups -OCH3 is 1. The summed E-state index contributed by atoms with van der Waals surface area (Å²) >= 11 is 12.3. The molecule has 5 heteroatoms. The van der Waals surface area contributed by atoms with E-state index < -0.39 is 17.8 Å². The molecule has 134 valence electrons. The molecule has 0 aromatic heterocycles. The summed E-state index contributed by atoms with van der Waals surface area (Å²) in [5.74, 6) is -2.28. The lowest BCUT2D eigenvalue weighted by molar-refractivity contribution is -0.136. The largest absolute Gasteiger partial charge is 0.466 e. The van der Waals surface area contributed by atoms with Gasteiger partial charge in [0.15, 0.2) is 5.78 Å². The van der Waals surface area contributed by atoms with Crippen LogP contribution in [0.5, 0.6) is 0 Å². The molecule has 0 fully saturated rings. The molecule has 0 spiro atoms. The number of ketones is 1. The minimum Gasteiger partial charge on any atom is -0.466 e. The molecule has 2 unspecified atom stereocenters. The fraction of sp³-hybridized carbons (Fsp3) is 0.143. The van der Waals surface area contributed by atoms with Crippen LogP contribution in [-0.4, -0.2) is 18.9 Å². The molecule has 2 aromatic carbocycles. The van der Waals surface area contributed by atoms with Crippen molar-refractivity contribution in [1.29, 1.82) is 0 Å². The number of hydrogen-bond acceptors (Lipinski definition) is 3. The Kier molecular flexibility index (Phi) is 6.78. The predicted octanol–water partition coefficient (Wildman–Crippen LogP) is 5.49. The molecule has 0 aliphatic rings. The number of allylic oxidation sites excluding steroid dienone is 1. The Hall–Kier alpha value is -2.36. The average Bonchev–Trinajstić information content (AvgIpc) is 2.65. The Labute approximate surface area is 162 Å². The lowest BCUT2D eigenvalue weighted by Crippen LogP contribution is -2.25. The molecule has 3 nitrogen and oxygen atoms in total. The van der Waals surface area contributed by atoms with Crippen LogP contribution < -0.4 is 0 Å². The van der Waals surface area contributed by atoms with Gasteiger partial charge in [-0.25, -0.2) is 4.79 Å². The Morgan fingerprint density at radius 1 is 1.12 bits per heavy atom. The van der Waals surface area contributed by atoms with Crippen LogP contribution >= 0.6 is 23.2 Å². The second-order valence-electron chi connectivity index (χ2n) is 5.65. The van der Waals surface area contributed by atoms with Crippen molar-refractivity contribution in [2.75, 3.05) is 7.11 Å². The predicted molar refractivity (Wildman–Crippen MR) is 105 cm³/mol. The van der Waals surface area contributed by atoms with Crippen LogP contribution in [0.1, 0.15) is 21.8 Å². The molecule has 0 radical (unpaired) electrons. The third-order valence-corrected chi connectivity index (χ3v) is 4.66. The molecule has 2 aromatic rings. The standard InChI is InChI=1S/C21H18Cl2O3/c1-4-16(20(24)14-8-6-5-7-9-14)19(13(2)21(25)26-3)17-11-10-15(22)12-18(17)23/h4-12,16,19H,1-2H2,3H3. The molecular weight excluding hydrogens is 371 g/mol. The zero-order valence-corrected chi connectivity index (χ0v) is 15.8. The van der Waals surface area contributed by atoms with Crippen molar-refractivity contribution in [3.63, 3.8) is 0 Å². The quantitative estimate of drug-likeness (QED) is 0.272. The van der Waals surface area contributed by atoms with Gasteiger partial charge in [-0.3, -0.25) is 4.79 Å². The van der Waals surface area contributed by atoms with E-state index in [1.54, 1.807) is 42.5 Å². The van der Waals surface area contributed by atoms with Crippen molar-refractivity contribution < 1.29 is 14.3 Å². The number of carbonyl (C=O) groups excluding carboxylic acids is 2. The minimum atomic E-state index is -0.748. The van der Waals surface area contributed by atoms with Crippen LogP contribution in [0.4, 0.5) is 0 Å². The van der Waals surface area contributed by atoms with E-state index in [9.17, 15) is 9.59 Å². The second-order valence-corrected chi connectivity index (χ2v) is 6.50. The van der Waals surface area contributed by atoms with Crippen LogP contribution in [0.15, 0.2) is 73.3 Å². The first-order chi connectivity index (χ1) is 12.4. The van der Waals surface area contributed by atoms with Crippen molar-refractivity contribution in [2.24, 2.45) is 5.92 Å². The number of Topliss-reactive ketones (excluding diaryl/α,β-unsaturated/α-hetero) is 1. The highest BCUT2D eigenvalue weighted by Gasteiger charge is 2.34. The number of halogens is 2. The summed E-state index contributed by atoms with van der Waals surface area (Å²) in [6.45, 7) is 7.63. The highest BCUT2D eigenvalue weighted by atomic mass is 35.5. The topological polar surface area (TPSA) is 43.4 Å². The smallest absolute Gasteiger partial charge is 0.333 e. The summed E-state index contributed by atoms with van der Waals surface area (Å²) in [6.07, 6.45) is 1.50. The molecule has 2 rings (SSSR count). The summed E-state index contributed by atoms with van der Waals surface area (Å²) in [7, 11) is 1.26. The molecule has 26 heavy (non-hydrogen) atoms. The zero-order chi connectivity index (χ0) is 19.3. The number of hydrogen-bond donors (Lipinski definition) is 0. The molecule has 0 aliphatic heterocycles. The summed E-state index contributed by atoms with van der Waals surface area (Å²) in [4.78, 5) is 25.2. The van der Waals surface area contributed by atoms with E-state index in [0.29, 0.717) is 21.2 Å². The van der Waals surface area contributed by atoms with Gasteiger partial charge in [0.1, 0.15) is 0 Å². The van der Waals surface area contributed by atoms with Crippen LogP contribution in [-0.2, 0) is 9.53 Å². The lowest BCUT2D eigenvalue weighted by atomic mass is 9.77. The maximum Gasteiger partial charge on any atom is 0.333 e. The molecule has 0 bridgehead atoms. The number of benzene rings is 2. The molecule has 0 saturated heterocycles. The number of carbonyl (C=O) groups is 2. The SMILES string of the molecule is C=CC(C(=O)c1ccccc1)C(C(=C)C(=O)OC)c1ccc(Cl)cc1Cl. The third-order valence-electron chi connectivity index (χ3n) is 4.09. The molecule has 0 saturated carbocycles. The molecule has 0 N–H and O–H groups in total. The first-order valence-corrected chi connectivity index (χ1v) is 8.60. The average molecular weight is 389 g/mol. The second kappa shape index (κ2) is 8.84. The molecule has 0 amide bonds. The van der Waals surface area contributed by atoms with E-state index in [4.69, 9.17) is 27.9 Å². The van der Waals surface area contributed by atoms with E-state index >= 15 is 0 Å². The normalized spacial score (nSPS) is 12.7. The van der Waals surface area contributed by atoms with Gasteiger partial charge in [-0.2, -0.15) is 0 Å². The van der Waals surface area contributed by atoms with E-state index in [-0.39, 0.29) is 11.4 Å². The maximum atomic E-state index is 13.1. The lowest BCUT2D eigenvalue weighted by Gasteiger charge is -2.26. The molecular formula is C21H18Cl2O3. The van der Waals surface area contributed by atoms with E-state index in [1.165, 1.54) is 13.2 Å². The van der Waals surface area contributed by atoms with Crippen molar-refractivity contribution in [1.82, 2.24) is 0 Å². The van der Waals surface area contributed by atoms with Gasteiger partial charge in [-0.05, 0) is 17.7 Å². The molecule has 0 aliphatic carbocycles. The monoisotopic (exact) mass is 388 g/mol. The highest BCUT2D eigenvalue weighted by Crippen LogP contribution is 2.39. The van der Waals surface area contributed by atoms with Gasteiger partial charge in [-0.1, -0.05) is 72.3 Å². The van der Waals surface area contributed by atoms with Crippen molar-refractivity contribution in [3.8, 4) is 0 Å². The van der Waals surface area contributed by atoms with Crippen LogP contribution in [0.25, 0.3) is 0 Å². The first-order valence-electron chi connectivity index (χ1n) is 7.84. The highest BCUT2D eigenvalue weighted by molar-refractivity contribution is 6.35. The summed E-state index contributed by atoms with van der Waals surface area (Å²) in [5.41, 5.74) is 1.18. The van der Waals surface area contributed by atoms with Crippen LogP contribution in [0.2, 0.25) is 10.0 Å². The van der Waals surface area contributed by atoms with E-state index in [1.807, 2.05) is 6.07 Å². The van der Waals surface area contributed by atoms with E-state index in [2.05, 4.69) is 13.2 Å². The Bertz CT molecular complexity index is 844. The zero-order valence-electron chi connectivity index (χ0n) is 14.2. The van der Waals surface area contributed by atoms with Crippen LogP contribution in [0.3, 0.4) is 0 Å². The Morgan fingerprint density at radius 3 is 2.31 bits per heavy atom. The maximum absolute atomic E-state index is 13.1.